The fourth-order valence-electron chi connectivity index (χ4n) is 3.99. The number of hydrogen-bond donors (Lipinski definition) is 1. The van der Waals surface area contributed by atoms with Crippen LogP contribution in [0.15, 0.2) is 47.4 Å². The molecule has 2 aliphatic rings. The predicted molar refractivity (Wildman–Crippen MR) is 125 cm³/mol. The molecule has 0 bridgehead atoms. The van der Waals surface area contributed by atoms with Crippen LogP contribution in [0.25, 0.3) is 0 Å². The number of carboxylic acids is 1. The Labute approximate surface area is 198 Å². The number of anilines is 2. The lowest BCUT2D eigenvalue weighted by Gasteiger charge is -2.36. The Morgan fingerprint density at radius 3 is 2.38 bits per heavy atom. The average molecular weight is 490 g/mol. The summed E-state index contributed by atoms with van der Waals surface area (Å²) in [5.74, 6) is -0.483. The number of carbonyl (C=O) groups excluding carboxylic acids is 1. The predicted octanol–water partition coefficient (Wildman–Crippen LogP) is 1.79. The molecule has 0 aliphatic carbocycles. The first kappa shape index (κ1) is 23.8. The molecule has 2 heterocycles. The molecular formula is C23H27N3O7S. The minimum Gasteiger partial charge on any atom is -0.491 e. The lowest BCUT2D eigenvalue weighted by molar-refractivity contribution is -0.137. The summed E-state index contributed by atoms with van der Waals surface area (Å²) in [7, 11) is -3.64. The van der Waals surface area contributed by atoms with E-state index >= 15 is 0 Å². The lowest BCUT2D eigenvalue weighted by atomic mass is 10.2. The number of sulfonamides is 1. The third-order valence-electron chi connectivity index (χ3n) is 5.62. The molecule has 1 amide bonds. The largest absolute Gasteiger partial charge is 0.491 e. The molecule has 11 heteroatoms. The van der Waals surface area contributed by atoms with Gasteiger partial charge in [0.25, 0.3) is 5.91 Å². The van der Waals surface area contributed by atoms with Crippen LogP contribution < -0.4 is 19.3 Å². The summed E-state index contributed by atoms with van der Waals surface area (Å²) in [6.45, 7) is 4.62. The maximum atomic E-state index is 13.1. The molecular weight excluding hydrogens is 462 g/mol. The average Bonchev–Trinajstić information content (AvgIpc) is 2.80. The fourth-order valence-corrected chi connectivity index (χ4v) is 5.42. The maximum Gasteiger partial charge on any atom is 0.323 e. The Hall–Kier alpha value is -3.31. The van der Waals surface area contributed by atoms with Crippen LogP contribution in [0.4, 0.5) is 11.4 Å². The first-order valence-corrected chi connectivity index (χ1v) is 12.4. The molecule has 2 aromatic rings. The molecule has 1 fully saturated rings. The molecule has 0 radical (unpaired) electrons. The van der Waals surface area contributed by atoms with Crippen molar-refractivity contribution in [2.24, 2.45) is 0 Å². The number of rotatable bonds is 7. The summed E-state index contributed by atoms with van der Waals surface area (Å²) in [4.78, 5) is 26.8. The van der Waals surface area contributed by atoms with Crippen molar-refractivity contribution in [2.45, 2.75) is 24.8 Å². The van der Waals surface area contributed by atoms with E-state index in [-0.39, 0.29) is 30.7 Å². The van der Waals surface area contributed by atoms with Crippen molar-refractivity contribution in [1.82, 2.24) is 4.31 Å². The summed E-state index contributed by atoms with van der Waals surface area (Å²) >= 11 is 0. The second-order valence-corrected chi connectivity index (χ2v) is 10.3. The van der Waals surface area contributed by atoms with Gasteiger partial charge in [0.05, 0.1) is 16.7 Å². The van der Waals surface area contributed by atoms with E-state index in [1.165, 1.54) is 9.21 Å². The van der Waals surface area contributed by atoms with E-state index < -0.39 is 28.4 Å². The van der Waals surface area contributed by atoms with Gasteiger partial charge in [0.1, 0.15) is 18.0 Å². The number of hydrogen-bond acceptors (Lipinski definition) is 7. The van der Waals surface area contributed by atoms with Gasteiger partial charge >= 0.3 is 5.97 Å². The van der Waals surface area contributed by atoms with Crippen molar-refractivity contribution < 1.29 is 32.6 Å². The lowest BCUT2D eigenvalue weighted by Crippen LogP contribution is -2.48. The second-order valence-electron chi connectivity index (χ2n) is 8.34. The number of fused-ring (bicyclic) bond motifs is 1. The molecule has 34 heavy (non-hydrogen) atoms. The van der Waals surface area contributed by atoms with Crippen LogP contribution in [0.2, 0.25) is 0 Å². The first-order chi connectivity index (χ1) is 16.1. The van der Waals surface area contributed by atoms with Crippen molar-refractivity contribution in [2.75, 3.05) is 49.1 Å². The smallest absolute Gasteiger partial charge is 0.323 e. The number of amides is 1. The van der Waals surface area contributed by atoms with E-state index in [1.54, 1.807) is 36.4 Å². The van der Waals surface area contributed by atoms with Gasteiger partial charge in [-0.05, 0) is 56.3 Å². The standard InChI is InChI=1S/C23H27N3O7S/c1-16(2)33-18-4-6-19(7-5-18)34(30,31)25-11-9-24(10-12-25)17-3-8-21-20(13-17)26(14-23(28)29)22(27)15-32-21/h3-8,13,16H,9-12,14-15H2,1-2H3,(H,28,29). The van der Waals surface area contributed by atoms with E-state index in [0.29, 0.717) is 30.3 Å². The van der Waals surface area contributed by atoms with Gasteiger partial charge in [-0.2, -0.15) is 4.31 Å². The number of aliphatic carboxylic acids is 1. The Balaban J connectivity index is 1.46. The fraction of sp³-hybridized carbons (Fsp3) is 0.391. The van der Waals surface area contributed by atoms with Crippen molar-refractivity contribution in [3.63, 3.8) is 0 Å². The van der Waals surface area contributed by atoms with E-state index in [4.69, 9.17) is 14.6 Å². The number of ether oxygens (including phenoxy) is 2. The summed E-state index contributed by atoms with van der Waals surface area (Å²) in [6, 6.07) is 11.7. The molecule has 10 nitrogen and oxygen atoms in total. The normalized spacial score (nSPS) is 16.9. The zero-order chi connectivity index (χ0) is 24.5. The quantitative estimate of drug-likeness (QED) is 0.626. The highest BCUT2D eigenvalue weighted by molar-refractivity contribution is 7.89. The highest BCUT2D eigenvalue weighted by Crippen LogP contribution is 2.36. The molecule has 0 atom stereocenters. The van der Waals surface area contributed by atoms with Crippen LogP contribution >= 0.6 is 0 Å². The summed E-state index contributed by atoms with van der Waals surface area (Å²) < 4.78 is 38.6. The van der Waals surface area contributed by atoms with Crippen LogP contribution in [-0.4, -0.2) is 75.1 Å². The molecule has 4 rings (SSSR count). The summed E-state index contributed by atoms with van der Waals surface area (Å²) in [5, 5.41) is 9.17. The van der Waals surface area contributed by atoms with Crippen molar-refractivity contribution in [3.05, 3.63) is 42.5 Å². The van der Waals surface area contributed by atoms with E-state index in [0.717, 1.165) is 5.69 Å². The van der Waals surface area contributed by atoms with Gasteiger partial charge in [0, 0.05) is 31.9 Å². The highest BCUT2D eigenvalue weighted by atomic mass is 32.2. The van der Waals surface area contributed by atoms with Gasteiger partial charge in [-0.1, -0.05) is 0 Å². The third kappa shape index (κ3) is 4.95. The van der Waals surface area contributed by atoms with Crippen LogP contribution in [-0.2, 0) is 19.6 Å². The van der Waals surface area contributed by atoms with Gasteiger partial charge < -0.3 is 19.5 Å². The second kappa shape index (κ2) is 9.51. The third-order valence-corrected chi connectivity index (χ3v) is 7.53. The Morgan fingerprint density at radius 2 is 1.76 bits per heavy atom. The number of benzene rings is 2. The summed E-state index contributed by atoms with van der Waals surface area (Å²) in [5.41, 5.74) is 1.16. The van der Waals surface area contributed by atoms with Crippen LogP contribution in [0.3, 0.4) is 0 Å². The van der Waals surface area contributed by atoms with Gasteiger partial charge in [0.15, 0.2) is 6.61 Å². The van der Waals surface area contributed by atoms with Gasteiger partial charge in [-0.3, -0.25) is 14.5 Å². The van der Waals surface area contributed by atoms with Crippen molar-refractivity contribution in [3.8, 4) is 11.5 Å². The van der Waals surface area contributed by atoms with Gasteiger partial charge in [-0.15, -0.1) is 0 Å². The molecule has 2 aliphatic heterocycles. The zero-order valence-electron chi connectivity index (χ0n) is 19.0. The topological polar surface area (TPSA) is 117 Å². The van der Waals surface area contributed by atoms with Gasteiger partial charge in [0.2, 0.25) is 10.0 Å². The number of carbonyl (C=O) groups is 2. The molecule has 0 unspecified atom stereocenters. The number of piperazine rings is 1. The molecule has 2 aromatic carbocycles. The minimum absolute atomic E-state index is 0.0000171. The highest BCUT2D eigenvalue weighted by Gasteiger charge is 2.31. The van der Waals surface area contributed by atoms with Crippen molar-refractivity contribution in [1.29, 1.82) is 0 Å². The molecule has 0 spiro atoms. The van der Waals surface area contributed by atoms with Crippen LogP contribution in [0.5, 0.6) is 11.5 Å². The molecule has 0 saturated carbocycles. The number of carboxylic acid groups (broad SMARTS) is 1. The number of nitrogens with zero attached hydrogens (tertiary/aromatic N) is 3. The van der Waals surface area contributed by atoms with Gasteiger partial charge in [-0.25, -0.2) is 8.42 Å². The zero-order valence-corrected chi connectivity index (χ0v) is 19.8. The van der Waals surface area contributed by atoms with Crippen LogP contribution in [0.1, 0.15) is 13.8 Å². The first-order valence-electron chi connectivity index (χ1n) is 11.0. The Kier molecular flexibility index (Phi) is 6.67. The van der Waals surface area contributed by atoms with E-state index in [2.05, 4.69) is 0 Å². The molecule has 1 saturated heterocycles. The van der Waals surface area contributed by atoms with E-state index in [1.807, 2.05) is 24.8 Å². The summed E-state index contributed by atoms with van der Waals surface area (Å²) in [6.07, 6.45) is 0.0000171. The monoisotopic (exact) mass is 489 g/mol. The SMILES string of the molecule is CC(C)Oc1ccc(S(=O)(=O)N2CCN(c3ccc4c(c3)N(CC(=O)O)C(=O)CO4)CC2)cc1. The molecule has 182 valence electrons. The minimum atomic E-state index is -3.64. The Morgan fingerprint density at radius 1 is 1.09 bits per heavy atom. The van der Waals surface area contributed by atoms with Crippen LogP contribution in [0, 0.1) is 0 Å². The molecule has 1 N–H and O–H groups in total. The maximum absolute atomic E-state index is 13.1. The van der Waals surface area contributed by atoms with Crippen molar-refractivity contribution >= 4 is 33.3 Å². The Bertz CT molecular complexity index is 1170. The molecule has 0 aromatic heterocycles. The van der Waals surface area contributed by atoms with E-state index in [9.17, 15) is 18.0 Å².